The van der Waals surface area contributed by atoms with Crippen molar-refractivity contribution in [3.05, 3.63) is 89.2 Å². The Morgan fingerprint density at radius 3 is 1.93 bits per heavy atom. The Kier molecular flexibility index (Phi) is 6.14. The standard InChI is InChI=1S/C23H19F3O2/c1-2-3-4-15-5-7-16(8-6-15)17-9-11-18(12-10-17)23(27)28-19-13-20(24)22(26)21(25)14-19/h5-14H,2-4H2,1H3. The molecular weight excluding hydrogens is 365 g/mol. The van der Waals surface area contributed by atoms with E-state index >= 15 is 0 Å². The lowest BCUT2D eigenvalue weighted by Crippen LogP contribution is -2.09. The van der Waals surface area contributed by atoms with E-state index < -0.39 is 29.2 Å². The van der Waals surface area contributed by atoms with Gasteiger partial charge in [-0.15, -0.1) is 0 Å². The van der Waals surface area contributed by atoms with Gasteiger partial charge in [0.25, 0.3) is 0 Å². The van der Waals surface area contributed by atoms with E-state index in [9.17, 15) is 18.0 Å². The molecule has 0 aliphatic rings. The zero-order valence-electron chi connectivity index (χ0n) is 15.3. The van der Waals surface area contributed by atoms with E-state index in [2.05, 4.69) is 19.1 Å². The first kappa shape index (κ1) is 19.7. The molecule has 3 aromatic rings. The van der Waals surface area contributed by atoms with Gasteiger partial charge in [-0.25, -0.2) is 18.0 Å². The Morgan fingerprint density at radius 1 is 0.857 bits per heavy atom. The van der Waals surface area contributed by atoms with Gasteiger partial charge in [0, 0.05) is 12.1 Å². The number of rotatable bonds is 6. The lowest BCUT2D eigenvalue weighted by atomic mass is 10.0. The van der Waals surface area contributed by atoms with Gasteiger partial charge >= 0.3 is 5.97 Å². The van der Waals surface area contributed by atoms with Crippen LogP contribution in [0.2, 0.25) is 0 Å². The second-order valence-corrected chi connectivity index (χ2v) is 6.47. The number of unbranched alkanes of at least 4 members (excludes halogenated alkanes) is 1. The van der Waals surface area contributed by atoms with Crippen molar-refractivity contribution in [3.63, 3.8) is 0 Å². The highest BCUT2D eigenvalue weighted by Gasteiger charge is 2.15. The summed E-state index contributed by atoms with van der Waals surface area (Å²) in [6.45, 7) is 2.16. The summed E-state index contributed by atoms with van der Waals surface area (Å²) in [6, 6.07) is 16.2. The van der Waals surface area contributed by atoms with Gasteiger partial charge in [0.1, 0.15) is 5.75 Å². The van der Waals surface area contributed by atoms with Crippen molar-refractivity contribution in [2.45, 2.75) is 26.2 Å². The first-order valence-corrected chi connectivity index (χ1v) is 9.04. The van der Waals surface area contributed by atoms with Gasteiger partial charge in [-0.2, -0.15) is 0 Å². The number of halogens is 3. The molecule has 0 heterocycles. The lowest BCUT2D eigenvalue weighted by molar-refractivity contribution is 0.0733. The van der Waals surface area contributed by atoms with Crippen molar-refractivity contribution >= 4 is 5.97 Å². The Morgan fingerprint density at radius 2 is 1.39 bits per heavy atom. The smallest absolute Gasteiger partial charge is 0.343 e. The molecule has 0 saturated carbocycles. The third kappa shape index (κ3) is 4.60. The molecule has 0 atom stereocenters. The van der Waals surface area contributed by atoms with Gasteiger partial charge in [0.2, 0.25) is 0 Å². The maximum absolute atomic E-state index is 13.2. The summed E-state index contributed by atoms with van der Waals surface area (Å²) in [5.74, 6) is -5.62. The van der Waals surface area contributed by atoms with Crippen LogP contribution in [0.1, 0.15) is 35.7 Å². The number of benzene rings is 3. The number of esters is 1. The van der Waals surface area contributed by atoms with E-state index in [1.807, 2.05) is 12.1 Å². The maximum Gasteiger partial charge on any atom is 0.343 e. The third-order valence-electron chi connectivity index (χ3n) is 4.39. The molecule has 0 spiro atoms. The van der Waals surface area contributed by atoms with E-state index in [1.54, 1.807) is 24.3 Å². The zero-order chi connectivity index (χ0) is 20.1. The van der Waals surface area contributed by atoms with Crippen molar-refractivity contribution in [1.29, 1.82) is 0 Å². The molecule has 5 heteroatoms. The highest BCUT2D eigenvalue weighted by Crippen LogP contribution is 2.23. The van der Waals surface area contributed by atoms with E-state index in [1.165, 1.54) is 5.56 Å². The van der Waals surface area contributed by atoms with Gasteiger partial charge < -0.3 is 4.74 Å². The van der Waals surface area contributed by atoms with Crippen LogP contribution < -0.4 is 4.74 Å². The van der Waals surface area contributed by atoms with Crippen LogP contribution in [-0.2, 0) is 6.42 Å². The summed E-state index contributed by atoms with van der Waals surface area (Å²) in [6.07, 6.45) is 3.35. The van der Waals surface area contributed by atoms with Crippen LogP contribution in [0.5, 0.6) is 5.75 Å². The molecule has 3 aromatic carbocycles. The number of carbonyl (C=O) groups is 1. The quantitative estimate of drug-likeness (QED) is 0.282. The molecule has 0 aliphatic carbocycles. The molecule has 144 valence electrons. The Hall–Kier alpha value is -3.08. The molecular formula is C23H19F3O2. The second kappa shape index (κ2) is 8.74. The van der Waals surface area contributed by atoms with Crippen LogP contribution in [0.15, 0.2) is 60.7 Å². The summed E-state index contributed by atoms with van der Waals surface area (Å²) in [7, 11) is 0. The minimum atomic E-state index is -1.61. The lowest BCUT2D eigenvalue weighted by Gasteiger charge is -2.07. The van der Waals surface area contributed by atoms with E-state index in [-0.39, 0.29) is 5.56 Å². The van der Waals surface area contributed by atoms with Gasteiger partial charge in [0.15, 0.2) is 17.5 Å². The largest absolute Gasteiger partial charge is 0.423 e. The van der Waals surface area contributed by atoms with E-state index in [0.717, 1.165) is 30.4 Å². The summed E-state index contributed by atoms with van der Waals surface area (Å²) in [5, 5.41) is 0. The molecule has 0 saturated heterocycles. The van der Waals surface area contributed by atoms with Crippen molar-refractivity contribution in [2.75, 3.05) is 0 Å². The minimum Gasteiger partial charge on any atom is -0.423 e. The summed E-state index contributed by atoms with van der Waals surface area (Å²) < 4.78 is 44.4. The van der Waals surface area contributed by atoms with Crippen molar-refractivity contribution in [1.82, 2.24) is 0 Å². The van der Waals surface area contributed by atoms with Crippen molar-refractivity contribution in [3.8, 4) is 16.9 Å². The molecule has 0 unspecified atom stereocenters. The number of hydrogen-bond acceptors (Lipinski definition) is 2. The van der Waals surface area contributed by atoms with Gasteiger partial charge in [-0.1, -0.05) is 49.7 Å². The average Bonchev–Trinajstić information content (AvgIpc) is 2.71. The molecule has 0 amide bonds. The van der Waals surface area contributed by atoms with Gasteiger partial charge in [-0.05, 0) is 41.7 Å². The monoisotopic (exact) mass is 384 g/mol. The summed E-state index contributed by atoms with van der Waals surface area (Å²) in [5.41, 5.74) is 3.44. The summed E-state index contributed by atoms with van der Waals surface area (Å²) in [4.78, 5) is 12.2. The van der Waals surface area contributed by atoms with Crippen molar-refractivity contribution in [2.24, 2.45) is 0 Å². The highest BCUT2D eigenvalue weighted by molar-refractivity contribution is 5.91. The number of ether oxygens (including phenoxy) is 1. The fourth-order valence-corrected chi connectivity index (χ4v) is 2.80. The molecule has 0 bridgehead atoms. The van der Waals surface area contributed by atoms with E-state index in [4.69, 9.17) is 4.74 Å². The van der Waals surface area contributed by atoms with Gasteiger partial charge in [-0.3, -0.25) is 0 Å². The SMILES string of the molecule is CCCCc1ccc(-c2ccc(C(=O)Oc3cc(F)c(F)c(F)c3)cc2)cc1. The second-order valence-electron chi connectivity index (χ2n) is 6.47. The normalized spacial score (nSPS) is 10.7. The van der Waals surface area contributed by atoms with Crippen LogP contribution in [0.4, 0.5) is 13.2 Å². The average molecular weight is 384 g/mol. The van der Waals surface area contributed by atoms with Crippen LogP contribution in [0.25, 0.3) is 11.1 Å². The molecule has 2 nitrogen and oxygen atoms in total. The zero-order valence-corrected chi connectivity index (χ0v) is 15.3. The van der Waals surface area contributed by atoms with Crippen LogP contribution >= 0.6 is 0 Å². The van der Waals surface area contributed by atoms with Crippen LogP contribution in [0, 0.1) is 17.5 Å². The fraction of sp³-hybridized carbons (Fsp3) is 0.174. The molecule has 0 aliphatic heterocycles. The first-order valence-electron chi connectivity index (χ1n) is 9.04. The molecule has 28 heavy (non-hydrogen) atoms. The Labute approximate surface area is 161 Å². The number of hydrogen-bond donors (Lipinski definition) is 0. The predicted molar refractivity (Wildman–Crippen MR) is 102 cm³/mol. The molecule has 0 N–H and O–H groups in total. The van der Waals surface area contributed by atoms with Crippen LogP contribution in [0.3, 0.4) is 0 Å². The maximum atomic E-state index is 13.2. The minimum absolute atomic E-state index is 0.216. The summed E-state index contributed by atoms with van der Waals surface area (Å²) >= 11 is 0. The van der Waals surface area contributed by atoms with Crippen LogP contribution in [-0.4, -0.2) is 5.97 Å². The topological polar surface area (TPSA) is 26.3 Å². The number of aryl methyl sites for hydroxylation is 1. The number of carbonyl (C=O) groups excluding carboxylic acids is 1. The van der Waals surface area contributed by atoms with E-state index in [0.29, 0.717) is 12.1 Å². The molecule has 0 aromatic heterocycles. The highest BCUT2D eigenvalue weighted by atomic mass is 19.2. The molecule has 3 rings (SSSR count). The Bertz CT molecular complexity index is 941. The van der Waals surface area contributed by atoms with Gasteiger partial charge in [0.05, 0.1) is 5.56 Å². The Balaban J connectivity index is 1.70. The predicted octanol–water partition coefficient (Wildman–Crippen LogP) is 6.33. The third-order valence-corrected chi connectivity index (χ3v) is 4.39. The molecule has 0 fully saturated rings. The van der Waals surface area contributed by atoms with Crippen molar-refractivity contribution < 1.29 is 22.7 Å². The first-order chi connectivity index (χ1) is 13.5. The molecule has 0 radical (unpaired) electrons. The fourth-order valence-electron chi connectivity index (χ4n) is 2.80.